The lowest BCUT2D eigenvalue weighted by atomic mass is 10.0. The molecule has 0 unspecified atom stereocenters. The lowest BCUT2D eigenvalue weighted by Gasteiger charge is -2.11. The van der Waals surface area contributed by atoms with Crippen molar-refractivity contribution in [2.75, 3.05) is 7.11 Å². The van der Waals surface area contributed by atoms with Gasteiger partial charge in [-0.2, -0.15) is 5.10 Å². The van der Waals surface area contributed by atoms with Crippen LogP contribution in [0.15, 0.2) is 60.9 Å². The van der Waals surface area contributed by atoms with Gasteiger partial charge in [0.15, 0.2) is 0 Å². The number of aromatic hydroxyl groups is 1. The van der Waals surface area contributed by atoms with Gasteiger partial charge in [0, 0.05) is 25.1 Å². The molecule has 5 rings (SSSR count). The lowest BCUT2D eigenvalue weighted by molar-refractivity contribution is 0.0599. The Hall–Kier alpha value is -3.94. The van der Waals surface area contributed by atoms with Crippen molar-refractivity contribution in [1.29, 1.82) is 0 Å². The minimum atomic E-state index is -0.407. The lowest BCUT2D eigenvalue weighted by Crippen LogP contribution is -2.08. The smallest absolute Gasteiger partial charge is 0.341 e. The molecular weight excluding hydrogens is 394 g/mol. The summed E-state index contributed by atoms with van der Waals surface area (Å²) in [4.78, 5) is 12.4. The molecule has 8 heteroatoms. The molecule has 2 aromatic heterocycles. The number of benzene rings is 2. The van der Waals surface area contributed by atoms with Crippen molar-refractivity contribution in [3.63, 3.8) is 0 Å². The van der Waals surface area contributed by atoms with E-state index in [-0.39, 0.29) is 17.6 Å². The van der Waals surface area contributed by atoms with E-state index in [2.05, 4.69) is 15.4 Å². The van der Waals surface area contributed by atoms with E-state index in [4.69, 9.17) is 4.74 Å². The number of phenolic OH excluding ortho intramolecular Hbond substituents is 1. The number of esters is 1. The zero-order valence-electron chi connectivity index (χ0n) is 17.1. The first-order chi connectivity index (χ1) is 15.0. The second-order valence-corrected chi connectivity index (χ2v) is 7.71. The molecule has 2 heterocycles. The summed E-state index contributed by atoms with van der Waals surface area (Å²) >= 11 is 0. The first-order valence-electron chi connectivity index (χ1n) is 9.97. The van der Waals surface area contributed by atoms with Crippen LogP contribution >= 0.6 is 0 Å². The summed E-state index contributed by atoms with van der Waals surface area (Å²) in [6, 6.07) is 15.0. The molecule has 1 aliphatic carbocycles. The van der Waals surface area contributed by atoms with E-state index in [1.165, 1.54) is 7.11 Å². The quantitative estimate of drug-likeness (QED) is 0.502. The van der Waals surface area contributed by atoms with E-state index >= 15 is 0 Å². The van der Waals surface area contributed by atoms with E-state index in [0.29, 0.717) is 5.56 Å². The number of methoxy groups -OCH3 is 1. The molecule has 0 aliphatic heterocycles. The van der Waals surface area contributed by atoms with Gasteiger partial charge in [-0.3, -0.25) is 4.68 Å². The molecular formula is C23H21N5O3. The van der Waals surface area contributed by atoms with Crippen LogP contribution in [0.5, 0.6) is 5.75 Å². The monoisotopic (exact) mass is 415 g/mol. The minimum absolute atomic E-state index is 0.0951. The predicted octanol–water partition coefficient (Wildman–Crippen LogP) is 3.43. The maximum absolute atomic E-state index is 12.4. The first kappa shape index (κ1) is 19.0. The zero-order chi connectivity index (χ0) is 21.5. The maximum atomic E-state index is 12.4. The van der Waals surface area contributed by atoms with E-state index in [0.717, 1.165) is 34.6 Å². The molecule has 1 N–H and O–H groups in total. The van der Waals surface area contributed by atoms with Crippen LogP contribution in [0, 0.1) is 0 Å². The molecule has 0 amide bonds. The number of rotatable bonds is 5. The van der Waals surface area contributed by atoms with Crippen LogP contribution in [0.3, 0.4) is 0 Å². The molecule has 4 aromatic rings. The van der Waals surface area contributed by atoms with E-state index in [1.54, 1.807) is 27.7 Å². The fraction of sp³-hybridized carbons (Fsp3) is 0.217. The highest BCUT2D eigenvalue weighted by molar-refractivity contribution is 5.91. The van der Waals surface area contributed by atoms with Crippen LogP contribution in [0.4, 0.5) is 0 Å². The SMILES string of the molecule is COC(=O)c1cnn(-c2cccc(-c3cccc(O)c3)c2)c1[C@@H]1C[C@H]1c1cn(C)nn1. The van der Waals surface area contributed by atoms with Crippen LogP contribution < -0.4 is 0 Å². The molecule has 0 saturated heterocycles. The van der Waals surface area contributed by atoms with Crippen LogP contribution in [-0.2, 0) is 11.8 Å². The Balaban J connectivity index is 1.57. The van der Waals surface area contributed by atoms with Crippen molar-refractivity contribution in [2.45, 2.75) is 18.3 Å². The molecule has 0 radical (unpaired) electrons. The van der Waals surface area contributed by atoms with Gasteiger partial charge in [0.05, 0.1) is 30.4 Å². The Kier molecular flexibility index (Phi) is 4.54. The fourth-order valence-corrected chi connectivity index (χ4v) is 4.05. The van der Waals surface area contributed by atoms with Gasteiger partial charge in [0.2, 0.25) is 0 Å². The number of aromatic nitrogens is 5. The molecule has 1 saturated carbocycles. The van der Waals surface area contributed by atoms with Gasteiger partial charge in [-0.15, -0.1) is 5.10 Å². The van der Waals surface area contributed by atoms with E-state index < -0.39 is 5.97 Å². The number of carbonyl (C=O) groups is 1. The zero-order valence-corrected chi connectivity index (χ0v) is 17.1. The molecule has 156 valence electrons. The first-order valence-corrected chi connectivity index (χ1v) is 9.97. The number of hydrogen-bond acceptors (Lipinski definition) is 6. The highest BCUT2D eigenvalue weighted by Gasteiger charge is 2.46. The molecule has 31 heavy (non-hydrogen) atoms. The van der Waals surface area contributed by atoms with Gasteiger partial charge in [0.25, 0.3) is 0 Å². The third kappa shape index (κ3) is 3.46. The summed E-state index contributed by atoms with van der Waals surface area (Å²) in [6.07, 6.45) is 4.33. The van der Waals surface area contributed by atoms with Crippen molar-refractivity contribution >= 4 is 5.97 Å². The summed E-state index contributed by atoms with van der Waals surface area (Å²) in [5.74, 6) is 0.0789. The van der Waals surface area contributed by atoms with Crippen LogP contribution in [0.1, 0.15) is 40.0 Å². The fourth-order valence-electron chi connectivity index (χ4n) is 4.05. The Labute approximate surface area is 178 Å². The summed E-state index contributed by atoms with van der Waals surface area (Å²) in [5.41, 5.74) is 4.85. The number of hydrogen-bond donors (Lipinski definition) is 1. The number of ether oxygens (including phenoxy) is 1. The molecule has 1 fully saturated rings. The summed E-state index contributed by atoms with van der Waals surface area (Å²) in [5, 5.41) is 22.6. The molecule has 2 atom stereocenters. The van der Waals surface area contributed by atoms with Crippen LogP contribution in [0.2, 0.25) is 0 Å². The van der Waals surface area contributed by atoms with Gasteiger partial charge >= 0.3 is 5.97 Å². The largest absolute Gasteiger partial charge is 0.508 e. The molecule has 0 spiro atoms. The Morgan fingerprint density at radius 1 is 1.13 bits per heavy atom. The highest BCUT2D eigenvalue weighted by atomic mass is 16.5. The van der Waals surface area contributed by atoms with Crippen molar-refractivity contribution in [1.82, 2.24) is 24.8 Å². The van der Waals surface area contributed by atoms with Gasteiger partial charge < -0.3 is 9.84 Å². The van der Waals surface area contributed by atoms with Crippen LogP contribution in [-0.4, -0.2) is 43.0 Å². The highest BCUT2D eigenvalue weighted by Crippen LogP contribution is 2.55. The van der Waals surface area contributed by atoms with E-state index in [1.807, 2.05) is 49.6 Å². The average Bonchev–Trinajstić information content (AvgIpc) is 3.23. The van der Waals surface area contributed by atoms with Gasteiger partial charge in [-0.05, 0) is 41.8 Å². The number of nitrogens with zero attached hydrogens (tertiary/aromatic N) is 5. The molecule has 2 aromatic carbocycles. The van der Waals surface area contributed by atoms with Gasteiger partial charge in [0.1, 0.15) is 11.3 Å². The normalized spacial score (nSPS) is 17.5. The standard InChI is InChI=1S/C23H21N5O3/c1-27-13-21(25-26-27)18-11-19(18)22-20(23(30)31-2)12-24-28(22)16-7-3-5-14(9-16)15-6-4-8-17(29)10-15/h3-10,12-13,18-19,29H,11H2,1-2H3/t18-,19-/m1/s1. The number of carbonyl (C=O) groups excluding carboxylic acids is 1. The maximum Gasteiger partial charge on any atom is 0.341 e. The Bertz CT molecular complexity index is 1280. The molecule has 0 bridgehead atoms. The Morgan fingerprint density at radius 3 is 2.61 bits per heavy atom. The third-order valence-corrected chi connectivity index (χ3v) is 5.62. The van der Waals surface area contributed by atoms with Crippen molar-refractivity contribution in [3.8, 4) is 22.6 Å². The van der Waals surface area contributed by atoms with Crippen LogP contribution in [0.25, 0.3) is 16.8 Å². The van der Waals surface area contributed by atoms with Crippen molar-refractivity contribution in [2.24, 2.45) is 7.05 Å². The average molecular weight is 415 g/mol. The summed E-state index contributed by atoms with van der Waals surface area (Å²) in [6.45, 7) is 0. The second-order valence-electron chi connectivity index (χ2n) is 7.71. The van der Waals surface area contributed by atoms with E-state index in [9.17, 15) is 9.90 Å². The van der Waals surface area contributed by atoms with Crippen molar-refractivity contribution in [3.05, 3.63) is 77.9 Å². The number of aryl methyl sites for hydroxylation is 1. The Morgan fingerprint density at radius 2 is 1.90 bits per heavy atom. The second kappa shape index (κ2) is 7.39. The summed E-state index contributed by atoms with van der Waals surface area (Å²) in [7, 11) is 3.21. The van der Waals surface area contributed by atoms with Gasteiger partial charge in [-0.1, -0.05) is 29.5 Å². The minimum Gasteiger partial charge on any atom is -0.508 e. The number of phenols is 1. The van der Waals surface area contributed by atoms with Gasteiger partial charge in [-0.25, -0.2) is 9.48 Å². The molecule has 8 nitrogen and oxygen atoms in total. The van der Waals surface area contributed by atoms with Crippen molar-refractivity contribution < 1.29 is 14.6 Å². The predicted molar refractivity (Wildman–Crippen MR) is 113 cm³/mol. The topological polar surface area (TPSA) is 95.1 Å². The third-order valence-electron chi connectivity index (χ3n) is 5.62. The molecule has 1 aliphatic rings. The summed E-state index contributed by atoms with van der Waals surface area (Å²) < 4.78 is 8.49.